The van der Waals surface area contributed by atoms with Gasteiger partial charge >= 0.3 is 0 Å². The zero-order chi connectivity index (χ0) is 19.2. The SMILES string of the molecule is CC1CCC(NC(=O)CN2CCN(CC(=O)N3CCCCC3C)CC2)CC1. The van der Waals surface area contributed by atoms with E-state index < -0.39 is 0 Å². The van der Waals surface area contributed by atoms with E-state index in [2.05, 4.69) is 33.9 Å². The molecule has 1 saturated carbocycles. The molecule has 2 aliphatic heterocycles. The third kappa shape index (κ3) is 6.18. The monoisotopic (exact) mass is 378 g/mol. The van der Waals surface area contributed by atoms with Gasteiger partial charge in [0.1, 0.15) is 0 Å². The highest BCUT2D eigenvalue weighted by atomic mass is 16.2. The molecule has 6 nitrogen and oxygen atoms in total. The fraction of sp³-hybridized carbons (Fsp3) is 0.905. The normalized spacial score (nSPS) is 30.9. The summed E-state index contributed by atoms with van der Waals surface area (Å²) in [5.41, 5.74) is 0. The van der Waals surface area contributed by atoms with E-state index in [1.807, 2.05) is 0 Å². The molecule has 3 rings (SSSR count). The van der Waals surface area contributed by atoms with Gasteiger partial charge in [0.05, 0.1) is 13.1 Å². The maximum absolute atomic E-state index is 12.6. The van der Waals surface area contributed by atoms with E-state index in [4.69, 9.17) is 0 Å². The predicted molar refractivity (Wildman–Crippen MR) is 107 cm³/mol. The summed E-state index contributed by atoms with van der Waals surface area (Å²) in [6, 6.07) is 0.762. The van der Waals surface area contributed by atoms with Gasteiger partial charge in [0, 0.05) is 44.8 Å². The van der Waals surface area contributed by atoms with Crippen LogP contribution in [0.25, 0.3) is 0 Å². The van der Waals surface area contributed by atoms with Crippen LogP contribution in [-0.4, -0.2) is 84.4 Å². The zero-order valence-electron chi connectivity index (χ0n) is 17.3. The van der Waals surface area contributed by atoms with Gasteiger partial charge in [0.15, 0.2) is 0 Å². The summed E-state index contributed by atoms with van der Waals surface area (Å²) in [5.74, 6) is 1.25. The number of hydrogen-bond donors (Lipinski definition) is 1. The zero-order valence-corrected chi connectivity index (χ0v) is 17.3. The lowest BCUT2D eigenvalue weighted by molar-refractivity contribution is -0.136. The van der Waals surface area contributed by atoms with Crippen LogP contribution in [-0.2, 0) is 9.59 Å². The van der Waals surface area contributed by atoms with E-state index in [9.17, 15) is 9.59 Å². The van der Waals surface area contributed by atoms with Gasteiger partial charge in [-0.2, -0.15) is 0 Å². The molecule has 1 N–H and O–H groups in total. The quantitative estimate of drug-likeness (QED) is 0.791. The lowest BCUT2D eigenvalue weighted by atomic mass is 9.87. The third-order valence-electron chi connectivity index (χ3n) is 6.70. The first-order valence-electron chi connectivity index (χ1n) is 11.0. The van der Waals surface area contributed by atoms with Crippen molar-refractivity contribution in [3.8, 4) is 0 Å². The lowest BCUT2D eigenvalue weighted by Crippen LogP contribution is -2.53. The summed E-state index contributed by atoms with van der Waals surface area (Å²) in [5, 5.41) is 3.22. The predicted octanol–water partition coefficient (Wildman–Crippen LogP) is 1.70. The molecule has 6 heteroatoms. The Morgan fingerprint density at radius 2 is 1.44 bits per heavy atom. The number of piperazine rings is 1. The second-order valence-corrected chi connectivity index (χ2v) is 9.01. The van der Waals surface area contributed by atoms with Crippen LogP contribution < -0.4 is 5.32 Å². The lowest BCUT2D eigenvalue weighted by Gasteiger charge is -2.38. The molecule has 2 heterocycles. The van der Waals surface area contributed by atoms with Gasteiger partial charge < -0.3 is 10.2 Å². The maximum atomic E-state index is 12.6. The summed E-state index contributed by atoms with van der Waals surface area (Å²) in [6.07, 6.45) is 8.22. The highest BCUT2D eigenvalue weighted by Crippen LogP contribution is 2.23. The van der Waals surface area contributed by atoms with Gasteiger partial charge in [0.25, 0.3) is 0 Å². The first kappa shape index (κ1) is 20.6. The molecule has 27 heavy (non-hydrogen) atoms. The van der Waals surface area contributed by atoms with Crippen LogP contribution in [0.4, 0.5) is 0 Å². The van der Waals surface area contributed by atoms with Crippen molar-refractivity contribution in [1.82, 2.24) is 20.0 Å². The standard InChI is InChI=1S/C21H38N4O2/c1-17-6-8-19(9-7-17)22-20(26)15-23-11-13-24(14-12-23)16-21(27)25-10-4-3-5-18(25)2/h17-19H,3-16H2,1-2H3,(H,22,26). The van der Waals surface area contributed by atoms with Gasteiger partial charge in [0.2, 0.25) is 11.8 Å². The minimum Gasteiger partial charge on any atom is -0.352 e. The van der Waals surface area contributed by atoms with E-state index in [0.29, 0.717) is 25.2 Å². The molecule has 2 amide bonds. The number of amides is 2. The van der Waals surface area contributed by atoms with Crippen LogP contribution in [0.2, 0.25) is 0 Å². The van der Waals surface area contributed by atoms with Crippen LogP contribution >= 0.6 is 0 Å². The molecule has 3 fully saturated rings. The fourth-order valence-corrected chi connectivity index (χ4v) is 4.74. The molecule has 0 radical (unpaired) electrons. The summed E-state index contributed by atoms with van der Waals surface area (Å²) >= 11 is 0. The molecule has 3 aliphatic rings. The van der Waals surface area contributed by atoms with Crippen molar-refractivity contribution in [2.45, 2.75) is 70.9 Å². The van der Waals surface area contributed by atoms with Crippen LogP contribution in [0.3, 0.4) is 0 Å². The Bertz CT molecular complexity index is 496. The van der Waals surface area contributed by atoms with Gasteiger partial charge in [-0.3, -0.25) is 19.4 Å². The Labute approximate surface area is 164 Å². The largest absolute Gasteiger partial charge is 0.352 e. The van der Waals surface area contributed by atoms with Crippen molar-refractivity contribution in [3.05, 3.63) is 0 Å². The van der Waals surface area contributed by atoms with Crippen LogP contribution in [0.5, 0.6) is 0 Å². The van der Waals surface area contributed by atoms with Crippen LogP contribution in [0, 0.1) is 5.92 Å². The smallest absolute Gasteiger partial charge is 0.236 e. The Morgan fingerprint density at radius 3 is 2.07 bits per heavy atom. The van der Waals surface area contributed by atoms with E-state index in [-0.39, 0.29) is 11.8 Å². The van der Waals surface area contributed by atoms with Crippen molar-refractivity contribution in [1.29, 1.82) is 0 Å². The minimum atomic E-state index is 0.168. The first-order valence-corrected chi connectivity index (χ1v) is 11.0. The fourth-order valence-electron chi connectivity index (χ4n) is 4.74. The highest BCUT2D eigenvalue weighted by molar-refractivity contribution is 5.79. The Balaban J connectivity index is 1.33. The van der Waals surface area contributed by atoms with Gasteiger partial charge in [-0.1, -0.05) is 6.92 Å². The van der Waals surface area contributed by atoms with Gasteiger partial charge in [-0.15, -0.1) is 0 Å². The number of carbonyl (C=O) groups excluding carboxylic acids is 2. The van der Waals surface area contributed by atoms with Crippen LogP contribution in [0.1, 0.15) is 58.8 Å². The summed E-state index contributed by atoms with van der Waals surface area (Å²) in [4.78, 5) is 31.5. The molecular formula is C21H38N4O2. The molecule has 1 unspecified atom stereocenters. The molecule has 154 valence electrons. The highest BCUT2D eigenvalue weighted by Gasteiger charge is 2.27. The van der Waals surface area contributed by atoms with Crippen molar-refractivity contribution in [2.75, 3.05) is 45.8 Å². The first-order chi connectivity index (χ1) is 13.0. The van der Waals surface area contributed by atoms with Crippen molar-refractivity contribution in [2.24, 2.45) is 5.92 Å². The summed E-state index contributed by atoms with van der Waals surface area (Å²) in [6.45, 7) is 9.91. The number of carbonyl (C=O) groups is 2. The molecule has 0 bridgehead atoms. The van der Waals surface area contributed by atoms with Crippen molar-refractivity contribution in [3.63, 3.8) is 0 Å². The van der Waals surface area contributed by atoms with E-state index in [1.54, 1.807) is 0 Å². The number of likely N-dealkylation sites (tertiary alicyclic amines) is 1. The van der Waals surface area contributed by atoms with Crippen molar-refractivity contribution >= 4 is 11.8 Å². The molecular weight excluding hydrogens is 340 g/mol. The Kier molecular flexibility index (Phi) is 7.53. The van der Waals surface area contributed by atoms with E-state index in [0.717, 1.165) is 64.3 Å². The van der Waals surface area contributed by atoms with Crippen LogP contribution in [0.15, 0.2) is 0 Å². The number of rotatable bonds is 5. The number of nitrogens with one attached hydrogen (secondary N) is 1. The molecule has 2 saturated heterocycles. The topological polar surface area (TPSA) is 55.9 Å². The molecule has 1 aliphatic carbocycles. The molecule has 0 aromatic heterocycles. The minimum absolute atomic E-state index is 0.168. The number of hydrogen-bond acceptors (Lipinski definition) is 4. The molecule has 0 spiro atoms. The second-order valence-electron chi connectivity index (χ2n) is 9.01. The summed E-state index contributed by atoms with van der Waals surface area (Å²) in [7, 11) is 0. The van der Waals surface area contributed by atoms with E-state index >= 15 is 0 Å². The Hall–Kier alpha value is -1.14. The van der Waals surface area contributed by atoms with Gasteiger partial charge in [-0.25, -0.2) is 0 Å². The average molecular weight is 379 g/mol. The third-order valence-corrected chi connectivity index (χ3v) is 6.70. The number of piperidine rings is 1. The molecule has 0 aromatic carbocycles. The maximum Gasteiger partial charge on any atom is 0.236 e. The number of nitrogens with zero attached hydrogens (tertiary/aromatic N) is 3. The van der Waals surface area contributed by atoms with Crippen molar-refractivity contribution < 1.29 is 9.59 Å². The molecule has 0 aromatic rings. The second kappa shape index (κ2) is 9.87. The Morgan fingerprint density at radius 1 is 0.815 bits per heavy atom. The van der Waals surface area contributed by atoms with E-state index in [1.165, 1.54) is 19.3 Å². The molecule has 1 atom stereocenters. The average Bonchev–Trinajstić information content (AvgIpc) is 2.65. The summed E-state index contributed by atoms with van der Waals surface area (Å²) < 4.78 is 0. The van der Waals surface area contributed by atoms with Gasteiger partial charge in [-0.05, 0) is 57.8 Å².